The zero-order valence-electron chi connectivity index (χ0n) is 19.2. The zero-order valence-corrected chi connectivity index (χ0v) is 19.2. The molecule has 32 heavy (non-hydrogen) atoms. The molecule has 4 rings (SSSR count). The maximum absolute atomic E-state index is 13.6. The van der Waals surface area contributed by atoms with Crippen molar-refractivity contribution in [3.8, 4) is 0 Å². The molecule has 168 valence electrons. The molecule has 0 radical (unpaired) electrons. The molecule has 1 aromatic carbocycles. The van der Waals surface area contributed by atoms with Crippen molar-refractivity contribution in [3.05, 3.63) is 53.9 Å². The number of para-hydroxylation sites is 1. The summed E-state index contributed by atoms with van der Waals surface area (Å²) >= 11 is 0. The van der Waals surface area contributed by atoms with Gasteiger partial charge in [-0.25, -0.2) is 9.67 Å². The highest BCUT2D eigenvalue weighted by molar-refractivity contribution is 6.06. The Labute approximate surface area is 188 Å². The number of fused-ring (bicyclic) bond motifs is 1. The van der Waals surface area contributed by atoms with Crippen LogP contribution in [-0.4, -0.2) is 44.6 Å². The van der Waals surface area contributed by atoms with Gasteiger partial charge in [-0.05, 0) is 50.8 Å². The average molecular weight is 434 g/mol. The monoisotopic (exact) mass is 433 g/mol. The SMILES string of the molecule is CC(C)c1cc(C(=O)N2CCCC(C(=O)Nc3ccccc3)C2)c2cnn(C(C)C)c2n1. The third-order valence-corrected chi connectivity index (χ3v) is 6.02. The molecule has 0 aliphatic carbocycles. The summed E-state index contributed by atoms with van der Waals surface area (Å²) < 4.78 is 1.87. The van der Waals surface area contributed by atoms with Crippen molar-refractivity contribution >= 4 is 28.5 Å². The predicted octanol–water partition coefficient (Wildman–Crippen LogP) is 4.63. The van der Waals surface area contributed by atoms with Crippen LogP contribution in [0.25, 0.3) is 11.0 Å². The van der Waals surface area contributed by atoms with E-state index in [9.17, 15) is 9.59 Å². The number of hydrogen-bond acceptors (Lipinski definition) is 4. The number of amides is 2. The minimum Gasteiger partial charge on any atom is -0.338 e. The lowest BCUT2D eigenvalue weighted by Crippen LogP contribution is -2.43. The standard InChI is InChI=1S/C25H31N5O2/c1-16(2)22-13-20(21-14-26-30(17(3)4)23(21)28-22)25(32)29-12-8-9-18(15-29)24(31)27-19-10-6-5-7-11-19/h5-7,10-11,13-14,16-18H,8-9,12,15H2,1-4H3,(H,27,31). The van der Waals surface area contributed by atoms with Gasteiger partial charge in [-0.3, -0.25) is 9.59 Å². The van der Waals surface area contributed by atoms with Gasteiger partial charge in [-0.2, -0.15) is 5.10 Å². The molecule has 0 bridgehead atoms. The Morgan fingerprint density at radius 1 is 1.12 bits per heavy atom. The van der Waals surface area contributed by atoms with E-state index < -0.39 is 0 Å². The van der Waals surface area contributed by atoms with Crippen LogP contribution in [0.15, 0.2) is 42.6 Å². The Kier molecular flexibility index (Phi) is 6.26. The van der Waals surface area contributed by atoms with Gasteiger partial charge in [0.1, 0.15) is 0 Å². The van der Waals surface area contributed by atoms with Crippen molar-refractivity contribution in [2.45, 2.75) is 52.5 Å². The van der Waals surface area contributed by atoms with Crippen LogP contribution < -0.4 is 5.32 Å². The van der Waals surface area contributed by atoms with Crippen LogP contribution in [0, 0.1) is 5.92 Å². The minimum absolute atomic E-state index is 0.0379. The summed E-state index contributed by atoms with van der Waals surface area (Å²) in [6, 6.07) is 11.5. The smallest absolute Gasteiger partial charge is 0.254 e. The predicted molar refractivity (Wildman–Crippen MR) is 126 cm³/mol. The summed E-state index contributed by atoms with van der Waals surface area (Å²) in [5.41, 5.74) is 3.01. The van der Waals surface area contributed by atoms with E-state index in [1.807, 2.05) is 46.0 Å². The molecule has 1 aliphatic rings. The first-order valence-corrected chi connectivity index (χ1v) is 11.4. The summed E-state index contributed by atoms with van der Waals surface area (Å²) in [6.07, 6.45) is 3.31. The molecule has 1 saturated heterocycles. The highest BCUT2D eigenvalue weighted by Gasteiger charge is 2.30. The second-order valence-corrected chi connectivity index (χ2v) is 9.12. The first kappa shape index (κ1) is 22.0. The summed E-state index contributed by atoms with van der Waals surface area (Å²) in [4.78, 5) is 33.1. The van der Waals surface area contributed by atoms with Crippen LogP contribution in [0.5, 0.6) is 0 Å². The van der Waals surface area contributed by atoms with Gasteiger partial charge in [0.05, 0.1) is 23.1 Å². The summed E-state index contributed by atoms with van der Waals surface area (Å²) in [5.74, 6) is -0.135. The average Bonchev–Trinajstić information content (AvgIpc) is 3.23. The quantitative estimate of drug-likeness (QED) is 0.636. The van der Waals surface area contributed by atoms with Crippen molar-refractivity contribution in [2.75, 3.05) is 18.4 Å². The Balaban J connectivity index is 1.60. The highest BCUT2D eigenvalue weighted by atomic mass is 16.2. The van der Waals surface area contributed by atoms with Crippen molar-refractivity contribution in [3.63, 3.8) is 0 Å². The number of aromatic nitrogens is 3. The third-order valence-electron chi connectivity index (χ3n) is 6.02. The second kappa shape index (κ2) is 9.10. The van der Waals surface area contributed by atoms with E-state index in [2.05, 4.69) is 38.1 Å². The normalized spacial score (nSPS) is 16.7. The van der Waals surface area contributed by atoms with Crippen molar-refractivity contribution in [1.82, 2.24) is 19.7 Å². The van der Waals surface area contributed by atoms with Gasteiger partial charge in [0.15, 0.2) is 5.65 Å². The molecular formula is C25H31N5O2. The van der Waals surface area contributed by atoms with E-state index in [-0.39, 0.29) is 29.7 Å². The van der Waals surface area contributed by atoms with Crippen LogP contribution in [0.3, 0.4) is 0 Å². The van der Waals surface area contributed by atoms with Crippen LogP contribution in [0.1, 0.15) is 68.5 Å². The maximum Gasteiger partial charge on any atom is 0.254 e. The minimum atomic E-state index is -0.229. The number of nitrogens with zero attached hydrogens (tertiary/aromatic N) is 4. The molecule has 2 aromatic heterocycles. The maximum atomic E-state index is 13.6. The number of piperidine rings is 1. The van der Waals surface area contributed by atoms with Gasteiger partial charge >= 0.3 is 0 Å². The van der Waals surface area contributed by atoms with Crippen LogP contribution in [0.4, 0.5) is 5.69 Å². The number of benzene rings is 1. The number of rotatable bonds is 5. The van der Waals surface area contributed by atoms with E-state index in [1.54, 1.807) is 6.20 Å². The molecule has 0 saturated carbocycles. The van der Waals surface area contributed by atoms with E-state index in [1.165, 1.54) is 0 Å². The van der Waals surface area contributed by atoms with E-state index in [0.717, 1.165) is 35.3 Å². The lowest BCUT2D eigenvalue weighted by Gasteiger charge is -2.32. The molecule has 3 heterocycles. The number of pyridine rings is 1. The number of anilines is 1. The fraction of sp³-hybridized carbons (Fsp3) is 0.440. The lowest BCUT2D eigenvalue weighted by molar-refractivity contribution is -0.121. The number of hydrogen-bond donors (Lipinski definition) is 1. The van der Waals surface area contributed by atoms with Gasteiger partial charge in [0.25, 0.3) is 5.91 Å². The first-order chi connectivity index (χ1) is 15.3. The molecular weight excluding hydrogens is 402 g/mol. The van der Waals surface area contributed by atoms with Gasteiger partial charge in [-0.15, -0.1) is 0 Å². The highest BCUT2D eigenvalue weighted by Crippen LogP contribution is 2.27. The summed E-state index contributed by atoms with van der Waals surface area (Å²) in [5, 5.41) is 8.24. The molecule has 1 atom stereocenters. The zero-order chi connectivity index (χ0) is 22.8. The molecule has 7 nitrogen and oxygen atoms in total. The van der Waals surface area contributed by atoms with Crippen LogP contribution in [-0.2, 0) is 4.79 Å². The van der Waals surface area contributed by atoms with Crippen LogP contribution in [0.2, 0.25) is 0 Å². The lowest BCUT2D eigenvalue weighted by atomic mass is 9.95. The first-order valence-electron chi connectivity index (χ1n) is 11.4. The largest absolute Gasteiger partial charge is 0.338 e. The number of likely N-dealkylation sites (tertiary alicyclic amines) is 1. The molecule has 1 aliphatic heterocycles. The second-order valence-electron chi connectivity index (χ2n) is 9.12. The Morgan fingerprint density at radius 3 is 2.56 bits per heavy atom. The fourth-order valence-electron chi connectivity index (χ4n) is 4.20. The summed E-state index contributed by atoms with van der Waals surface area (Å²) in [6.45, 7) is 9.31. The molecule has 1 unspecified atom stereocenters. The topological polar surface area (TPSA) is 80.1 Å². The van der Waals surface area contributed by atoms with Crippen molar-refractivity contribution in [2.24, 2.45) is 5.92 Å². The molecule has 0 spiro atoms. The van der Waals surface area contributed by atoms with Crippen molar-refractivity contribution < 1.29 is 9.59 Å². The van der Waals surface area contributed by atoms with Gasteiger partial charge in [-0.1, -0.05) is 32.0 Å². The molecule has 1 N–H and O–H groups in total. The summed E-state index contributed by atoms with van der Waals surface area (Å²) in [7, 11) is 0. The van der Waals surface area contributed by atoms with Gasteiger partial charge < -0.3 is 10.2 Å². The number of nitrogens with one attached hydrogen (secondary N) is 1. The Hall–Kier alpha value is -3.22. The van der Waals surface area contributed by atoms with Gasteiger partial charge in [0, 0.05) is 30.5 Å². The number of carbonyl (C=O) groups excluding carboxylic acids is 2. The molecule has 7 heteroatoms. The molecule has 2 amide bonds. The van der Waals surface area contributed by atoms with Crippen molar-refractivity contribution in [1.29, 1.82) is 0 Å². The third kappa shape index (κ3) is 4.38. The Bertz CT molecular complexity index is 1120. The van der Waals surface area contributed by atoms with E-state index in [4.69, 9.17) is 4.98 Å². The van der Waals surface area contributed by atoms with Crippen LogP contribution >= 0.6 is 0 Å². The van der Waals surface area contributed by atoms with E-state index >= 15 is 0 Å². The number of carbonyl (C=O) groups is 2. The fourth-order valence-corrected chi connectivity index (χ4v) is 4.20. The molecule has 1 fully saturated rings. The van der Waals surface area contributed by atoms with Gasteiger partial charge in [0.2, 0.25) is 5.91 Å². The Morgan fingerprint density at radius 2 is 1.88 bits per heavy atom. The molecule has 3 aromatic rings. The van der Waals surface area contributed by atoms with E-state index in [0.29, 0.717) is 18.7 Å².